The van der Waals surface area contributed by atoms with Crippen molar-refractivity contribution in [3.05, 3.63) is 52.2 Å². The molecule has 0 saturated heterocycles. The standard InChI is InChI=1S/C14H15N3O3/c1-3-15-14-9-12(6-7-16-14)20-13-8-11(17(18)19)5-4-10(13)2/h4-9H,3H2,1-2H3,(H,15,16). The van der Waals surface area contributed by atoms with E-state index in [1.54, 1.807) is 24.4 Å². The van der Waals surface area contributed by atoms with Gasteiger partial charge in [-0.15, -0.1) is 0 Å². The lowest BCUT2D eigenvalue weighted by Gasteiger charge is -2.09. The summed E-state index contributed by atoms with van der Waals surface area (Å²) in [6, 6.07) is 8.00. The molecule has 2 rings (SSSR count). The number of nitro benzene ring substituents is 1. The van der Waals surface area contributed by atoms with Crippen molar-refractivity contribution in [3.8, 4) is 11.5 Å². The van der Waals surface area contributed by atoms with Crippen LogP contribution < -0.4 is 10.1 Å². The summed E-state index contributed by atoms with van der Waals surface area (Å²) < 4.78 is 5.70. The van der Waals surface area contributed by atoms with Crippen LogP contribution in [0.1, 0.15) is 12.5 Å². The number of aromatic nitrogens is 1. The largest absolute Gasteiger partial charge is 0.457 e. The average Bonchev–Trinajstić information content (AvgIpc) is 2.42. The minimum atomic E-state index is -0.442. The van der Waals surface area contributed by atoms with Crippen LogP contribution in [0.15, 0.2) is 36.5 Å². The van der Waals surface area contributed by atoms with E-state index in [9.17, 15) is 10.1 Å². The van der Waals surface area contributed by atoms with E-state index in [1.807, 2.05) is 13.8 Å². The number of hydrogen-bond donors (Lipinski definition) is 1. The normalized spacial score (nSPS) is 10.1. The molecule has 1 aromatic carbocycles. The fourth-order valence-electron chi connectivity index (χ4n) is 1.69. The molecule has 0 radical (unpaired) electrons. The lowest BCUT2D eigenvalue weighted by Crippen LogP contribution is -1.99. The molecule has 0 bridgehead atoms. The summed E-state index contributed by atoms with van der Waals surface area (Å²) in [6.07, 6.45) is 1.63. The number of nitrogens with one attached hydrogen (secondary N) is 1. The topological polar surface area (TPSA) is 77.3 Å². The summed E-state index contributed by atoms with van der Waals surface area (Å²) in [7, 11) is 0. The second-order valence-electron chi connectivity index (χ2n) is 4.22. The zero-order valence-corrected chi connectivity index (χ0v) is 11.3. The van der Waals surface area contributed by atoms with Gasteiger partial charge in [-0.3, -0.25) is 10.1 Å². The number of aryl methyl sites for hydroxylation is 1. The zero-order chi connectivity index (χ0) is 14.5. The molecule has 0 amide bonds. The number of nitro groups is 1. The molecular formula is C14H15N3O3. The smallest absolute Gasteiger partial charge is 0.273 e. The van der Waals surface area contributed by atoms with Gasteiger partial charge < -0.3 is 10.1 Å². The van der Waals surface area contributed by atoms with Crippen LogP contribution >= 0.6 is 0 Å². The fourth-order valence-corrected chi connectivity index (χ4v) is 1.69. The van der Waals surface area contributed by atoms with E-state index >= 15 is 0 Å². The molecule has 0 atom stereocenters. The highest BCUT2D eigenvalue weighted by Gasteiger charge is 2.10. The van der Waals surface area contributed by atoms with Crippen LogP contribution in [0.3, 0.4) is 0 Å². The first-order chi connectivity index (χ1) is 9.60. The van der Waals surface area contributed by atoms with Crippen LogP contribution in [0, 0.1) is 17.0 Å². The number of rotatable bonds is 5. The van der Waals surface area contributed by atoms with Gasteiger partial charge in [0, 0.05) is 24.9 Å². The van der Waals surface area contributed by atoms with Gasteiger partial charge in [-0.1, -0.05) is 0 Å². The van der Waals surface area contributed by atoms with E-state index in [4.69, 9.17) is 4.74 Å². The van der Waals surface area contributed by atoms with Gasteiger partial charge in [-0.05, 0) is 31.5 Å². The Labute approximate surface area is 116 Å². The van der Waals surface area contributed by atoms with E-state index in [0.717, 1.165) is 12.1 Å². The number of non-ortho nitro benzene ring substituents is 1. The molecule has 0 saturated carbocycles. The number of hydrogen-bond acceptors (Lipinski definition) is 5. The number of benzene rings is 1. The minimum absolute atomic E-state index is 0.00608. The molecule has 0 fully saturated rings. The second-order valence-corrected chi connectivity index (χ2v) is 4.22. The summed E-state index contributed by atoms with van der Waals surface area (Å²) >= 11 is 0. The lowest BCUT2D eigenvalue weighted by atomic mass is 10.2. The highest BCUT2D eigenvalue weighted by Crippen LogP contribution is 2.29. The maximum absolute atomic E-state index is 10.8. The molecule has 1 N–H and O–H groups in total. The van der Waals surface area contributed by atoms with Crippen LogP contribution in [-0.2, 0) is 0 Å². The maximum Gasteiger partial charge on any atom is 0.273 e. The molecule has 0 unspecified atom stereocenters. The van der Waals surface area contributed by atoms with E-state index in [2.05, 4.69) is 10.3 Å². The van der Waals surface area contributed by atoms with Gasteiger partial charge in [0.1, 0.15) is 17.3 Å². The molecule has 0 aliphatic rings. The zero-order valence-electron chi connectivity index (χ0n) is 11.3. The van der Waals surface area contributed by atoms with Gasteiger partial charge in [0.2, 0.25) is 0 Å². The van der Waals surface area contributed by atoms with Crippen molar-refractivity contribution in [1.29, 1.82) is 0 Å². The van der Waals surface area contributed by atoms with Gasteiger partial charge in [-0.25, -0.2) is 4.98 Å². The van der Waals surface area contributed by atoms with Gasteiger partial charge in [0.15, 0.2) is 0 Å². The van der Waals surface area contributed by atoms with Gasteiger partial charge in [-0.2, -0.15) is 0 Å². The Morgan fingerprint density at radius 1 is 1.35 bits per heavy atom. The van der Waals surface area contributed by atoms with Crippen LogP contribution in [0.4, 0.5) is 11.5 Å². The number of nitrogens with zero attached hydrogens (tertiary/aromatic N) is 2. The molecule has 6 nitrogen and oxygen atoms in total. The molecule has 104 valence electrons. The van der Waals surface area contributed by atoms with E-state index < -0.39 is 4.92 Å². The highest BCUT2D eigenvalue weighted by molar-refractivity contribution is 5.47. The Kier molecular flexibility index (Phi) is 4.14. The van der Waals surface area contributed by atoms with Crippen LogP contribution in [0.2, 0.25) is 0 Å². The molecule has 20 heavy (non-hydrogen) atoms. The number of anilines is 1. The second kappa shape index (κ2) is 6.01. The first-order valence-electron chi connectivity index (χ1n) is 6.23. The summed E-state index contributed by atoms with van der Waals surface area (Å²) in [5, 5.41) is 13.9. The Balaban J connectivity index is 2.27. The molecule has 0 aliphatic heterocycles. The van der Waals surface area contributed by atoms with E-state index in [-0.39, 0.29) is 5.69 Å². The molecule has 1 heterocycles. The maximum atomic E-state index is 10.8. The Bertz CT molecular complexity index is 629. The fraction of sp³-hybridized carbons (Fsp3) is 0.214. The average molecular weight is 273 g/mol. The van der Waals surface area contributed by atoms with Crippen molar-refractivity contribution >= 4 is 11.5 Å². The minimum Gasteiger partial charge on any atom is -0.457 e. The Morgan fingerprint density at radius 2 is 2.15 bits per heavy atom. The lowest BCUT2D eigenvalue weighted by molar-refractivity contribution is -0.384. The van der Waals surface area contributed by atoms with Gasteiger partial charge in [0.25, 0.3) is 5.69 Å². The van der Waals surface area contributed by atoms with Gasteiger partial charge >= 0.3 is 0 Å². The van der Waals surface area contributed by atoms with Crippen molar-refractivity contribution in [2.45, 2.75) is 13.8 Å². The van der Waals surface area contributed by atoms with Crippen molar-refractivity contribution in [3.63, 3.8) is 0 Å². The van der Waals surface area contributed by atoms with Gasteiger partial charge in [0.05, 0.1) is 11.0 Å². The number of pyridine rings is 1. The van der Waals surface area contributed by atoms with Crippen molar-refractivity contribution in [2.75, 3.05) is 11.9 Å². The molecule has 6 heteroatoms. The third-order valence-electron chi connectivity index (χ3n) is 2.70. The van der Waals surface area contributed by atoms with E-state index in [1.165, 1.54) is 12.1 Å². The Hall–Kier alpha value is -2.63. The summed E-state index contributed by atoms with van der Waals surface area (Å²) in [6.45, 7) is 4.57. The third kappa shape index (κ3) is 3.23. The summed E-state index contributed by atoms with van der Waals surface area (Å²) in [5.41, 5.74) is 0.837. The van der Waals surface area contributed by atoms with Crippen molar-refractivity contribution in [2.24, 2.45) is 0 Å². The molecule has 0 aliphatic carbocycles. The Morgan fingerprint density at radius 3 is 2.85 bits per heavy atom. The number of ether oxygens (including phenoxy) is 1. The monoisotopic (exact) mass is 273 g/mol. The molecule has 0 spiro atoms. The van der Waals surface area contributed by atoms with E-state index in [0.29, 0.717) is 17.3 Å². The van der Waals surface area contributed by atoms with Crippen molar-refractivity contribution < 1.29 is 9.66 Å². The quantitative estimate of drug-likeness (QED) is 0.666. The predicted molar refractivity (Wildman–Crippen MR) is 76.3 cm³/mol. The predicted octanol–water partition coefficient (Wildman–Crippen LogP) is 3.52. The molecule has 1 aromatic heterocycles. The SMILES string of the molecule is CCNc1cc(Oc2cc([N+](=O)[O-])ccc2C)ccn1. The summed E-state index contributed by atoms with van der Waals surface area (Å²) in [5.74, 6) is 1.75. The molecular weight excluding hydrogens is 258 g/mol. The third-order valence-corrected chi connectivity index (χ3v) is 2.70. The van der Waals surface area contributed by atoms with Crippen LogP contribution in [0.5, 0.6) is 11.5 Å². The van der Waals surface area contributed by atoms with Crippen LogP contribution in [-0.4, -0.2) is 16.5 Å². The molecule has 2 aromatic rings. The summed E-state index contributed by atoms with van der Waals surface area (Å²) in [4.78, 5) is 14.5. The first kappa shape index (κ1) is 13.8. The first-order valence-corrected chi connectivity index (χ1v) is 6.23. The van der Waals surface area contributed by atoms with Crippen molar-refractivity contribution in [1.82, 2.24) is 4.98 Å². The highest BCUT2D eigenvalue weighted by atomic mass is 16.6. The van der Waals surface area contributed by atoms with Crippen LogP contribution in [0.25, 0.3) is 0 Å².